The van der Waals surface area contributed by atoms with Crippen molar-refractivity contribution in [2.45, 2.75) is 6.42 Å². The Kier molecular flexibility index (Phi) is 5.93. The number of nitrogens with zero attached hydrogens (tertiary/aromatic N) is 2. The van der Waals surface area contributed by atoms with E-state index in [4.69, 9.17) is 0 Å². The van der Waals surface area contributed by atoms with Crippen molar-refractivity contribution in [3.05, 3.63) is 64.0 Å². The highest BCUT2D eigenvalue weighted by Gasteiger charge is 2.13. The van der Waals surface area contributed by atoms with E-state index < -0.39 is 40.4 Å². The second-order valence-electron chi connectivity index (χ2n) is 5.00. The number of halogens is 1. The molecule has 10 heteroatoms. The monoisotopic (exact) mass is 360 g/mol. The summed E-state index contributed by atoms with van der Waals surface area (Å²) in [4.78, 5) is 33.2. The number of para-hydroxylation sites is 1. The van der Waals surface area contributed by atoms with Crippen LogP contribution in [0, 0.1) is 15.9 Å². The maximum absolute atomic E-state index is 13.4. The third-order valence-electron chi connectivity index (χ3n) is 3.07. The van der Waals surface area contributed by atoms with Gasteiger partial charge in [-0.15, -0.1) is 0 Å². The Hall–Kier alpha value is -3.82. The molecule has 0 aliphatic heterocycles. The molecule has 2 rings (SSSR count). The minimum atomic E-state index is -0.766. The van der Waals surface area contributed by atoms with Crippen molar-refractivity contribution in [3.63, 3.8) is 0 Å². The quantitative estimate of drug-likeness (QED) is 0.313. The summed E-state index contributed by atoms with van der Waals surface area (Å²) in [7, 11) is 0. The van der Waals surface area contributed by atoms with Gasteiger partial charge in [0.2, 0.25) is 11.8 Å². The maximum atomic E-state index is 13.4. The summed E-state index contributed by atoms with van der Waals surface area (Å²) in [6, 6.07) is 9.03. The molecule has 2 aromatic rings. The summed E-state index contributed by atoms with van der Waals surface area (Å²) in [5.41, 5.74) is 1.76. The number of hydrazone groups is 1. The Morgan fingerprint density at radius 3 is 2.65 bits per heavy atom. The van der Waals surface area contributed by atoms with Crippen molar-refractivity contribution in [2.75, 3.05) is 5.32 Å². The number of carbonyl (C=O) groups excluding carboxylic acids is 2. The molecule has 0 aliphatic carbocycles. The standard InChI is InChI=1S/C16H13FN4O5/c17-11-3-1-2-4-12(11)19-15(23)8-16(24)20-18-9-10-5-6-14(22)13(7-10)21(25)26/h1-7,9,22H,8H2,(H,19,23)(H,20,24). The fourth-order valence-electron chi connectivity index (χ4n) is 1.89. The minimum absolute atomic E-state index is 0.0507. The lowest BCUT2D eigenvalue weighted by molar-refractivity contribution is -0.385. The zero-order valence-electron chi connectivity index (χ0n) is 13.2. The van der Waals surface area contributed by atoms with E-state index in [2.05, 4.69) is 15.8 Å². The van der Waals surface area contributed by atoms with Gasteiger partial charge in [-0.25, -0.2) is 9.82 Å². The predicted molar refractivity (Wildman–Crippen MR) is 90.1 cm³/mol. The molecule has 0 saturated heterocycles. The molecule has 0 spiro atoms. The number of aromatic hydroxyl groups is 1. The molecule has 2 amide bonds. The van der Waals surface area contributed by atoms with E-state index in [1.807, 2.05) is 0 Å². The summed E-state index contributed by atoms with van der Waals surface area (Å²) in [5.74, 6) is -2.62. The maximum Gasteiger partial charge on any atom is 0.311 e. The van der Waals surface area contributed by atoms with Crippen molar-refractivity contribution in [1.82, 2.24) is 5.43 Å². The normalized spacial score (nSPS) is 10.5. The number of anilines is 1. The molecule has 0 unspecified atom stereocenters. The molecular formula is C16H13FN4O5. The molecule has 0 fully saturated rings. The van der Waals surface area contributed by atoms with Crippen LogP contribution in [0.25, 0.3) is 0 Å². The minimum Gasteiger partial charge on any atom is -0.502 e. The van der Waals surface area contributed by atoms with Gasteiger partial charge in [-0.2, -0.15) is 5.10 Å². The predicted octanol–water partition coefficient (Wildman–Crippen LogP) is 1.92. The number of benzene rings is 2. The van der Waals surface area contributed by atoms with Gasteiger partial charge in [0.05, 0.1) is 16.8 Å². The highest BCUT2D eigenvalue weighted by Crippen LogP contribution is 2.25. The summed E-state index contributed by atoms with van der Waals surface area (Å²) in [5, 5.41) is 25.9. The fourth-order valence-corrected chi connectivity index (χ4v) is 1.89. The van der Waals surface area contributed by atoms with Crippen LogP contribution in [-0.4, -0.2) is 28.1 Å². The van der Waals surface area contributed by atoms with E-state index >= 15 is 0 Å². The number of hydrogen-bond donors (Lipinski definition) is 3. The second kappa shape index (κ2) is 8.33. The van der Waals surface area contributed by atoms with Crippen LogP contribution in [0.4, 0.5) is 15.8 Å². The van der Waals surface area contributed by atoms with Gasteiger partial charge in [-0.1, -0.05) is 12.1 Å². The van der Waals surface area contributed by atoms with Gasteiger partial charge in [0.15, 0.2) is 5.75 Å². The van der Waals surface area contributed by atoms with E-state index in [0.29, 0.717) is 0 Å². The van der Waals surface area contributed by atoms with Crippen LogP contribution in [-0.2, 0) is 9.59 Å². The molecular weight excluding hydrogens is 347 g/mol. The van der Waals surface area contributed by atoms with Crippen LogP contribution in [0.5, 0.6) is 5.75 Å². The van der Waals surface area contributed by atoms with Crippen LogP contribution in [0.3, 0.4) is 0 Å². The molecule has 26 heavy (non-hydrogen) atoms. The highest BCUT2D eigenvalue weighted by molar-refractivity contribution is 6.03. The average Bonchev–Trinajstić information content (AvgIpc) is 2.58. The lowest BCUT2D eigenvalue weighted by Gasteiger charge is -2.05. The van der Waals surface area contributed by atoms with Crippen molar-refractivity contribution < 1.29 is 24.0 Å². The number of phenolic OH excluding ortho intramolecular Hbond substituents is 1. The van der Waals surface area contributed by atoms with E-state index in [-0.39, 0.29) is 11.3 Å². The molecule has 2 aromatic carbocycles. The number of hydrogen-bond acceptors (Lipinski definition) is 6. The van der Waals surface area contributed by atoms with Gasteiger partial charge in [-0.05, 0) is 24.3 Å². The molecule has 0 bridgehead atoms. The molecule has 0 aliphatic rings. The van der Waals surface area contributed by atoms with Crippen molar-refractivity contribution in [1.29, 1.82) is 0 Å². The molecule has 9 nitrogen and oxygen atoms in total. The number of nitro groups is 1. The molecule has 0 atom stereocenters. The fraction of sp³-hybridized carbons (Fsp3) is 0.0625. The van der Waals surface area contributed by atoms with E-state index in [0.717, 1.165) is 24.4 Å². The third kappa shape index (κ3) is 5.09. The second-order valence-corrected chi connectivity index (χ2v) is 5.00. The van der Waals surface area contributed by atoms with Gasteiger partial charge < -0.3 is 10.4 Å². The topological polar surface area (TPSA) is 134 Å². The Labute approximate surface area is 146 Å². The summed E-state index contributed by atoms with van der Waals surface area (Å²) >= 11 is 0. The first-order valence-electron chi connectivity index (χ1n) is 7.20. The van der Waals surface area contributed by atoms with Crippen LogP contribution in [0.1, 0.15) is 12.0 Å². The summed E-state index contributed by atoms with van der Waals surface area (Å²) in [6.45, 7) is 0. The Morgan fingerprint density at radius 1 is 1.23 bits per heavy atom. The van der Waals surface area contributed by atoms with Crippen molar-refractivity contribution in [3.8, 4) is 5.75 Å². The molecule has 3 N–H and O–H groups in total. The smallest absolute Gasteiger partial charge is 0.311 e. The SMILES string of the molecule is O=C(CC(=O)Nc1ccccc1F)NN=Cc1ccc(O)c([N+](=O)[O-])c1. The molecule has 0 aromatic heterocycles. The average molecular weight is 360 g/mol. The van der Waals surface area contributed by atoms with Gasteiger partial charge >= 0.3 is 5.69 Å². The zero-order valence-corrected chi connectivity index (χ0v) is 13.2. The third-order valence-corrected chi connectivity index (χ3v) is 3.07. The van der Waals surface area contributed by atoms with Crippen molar-refractivity contribution in [2.24, 2.45) is 5.10 Å². The first kappa shape index (κ1) is 18.5. The van der Waals surface area contributed by atoms with Crippen LogP contribution in [0.15, 0.2) is 47.6 Å². The molecule has 0 radical (unpaired) electrons. The largest absolute Gasteiger partial charge is 0.502 e. The first-order valence-corrected chi connectivity index (χ1v) is 7.20. The summed E-state index contributed by atoms with van der Waals surface area (Å²) < 4.78 is 13.4. The van der Waals surface area contributed by atoms with Gasteiger partial charge in [0, 0.05) is 11.6 Å². The Bertz CT molecular complexity index is 885. The van der Waals surface area contributed by atoms with E-state index in [1.54, 1.807) is 0 Å². The number of amides is 2. The molecule has 0 saturated carbocycles. The van der Waals surface area contributed by atoms with Crippen LogP contribution < -0.4 is 10.7 Å². The number of carbonyl (C=O) groups is 2. The van der Waals surface area contributed by atoms with E-state index in [9.17, 15) is 29.2 Å². The molecule has 134 valence electrons. The van der Waals surface area contributed by atoms with Crippen LogP contribution in [0.2, 0.25) is 0 Å². The number of nitrogens with one attached hydrogen (secondary N) is 2. The number of rotatable bonds is 6. The lowest BCUT2D eigenvalue weighted by Crippen LogP contribution is -2.24. The zero-order chi connectivity index (χ0) is 19.1. The number of phenols is 1. The Morgan fingerprint density at radius 2 is 1.96 bits per heavy atom. The summed E-state index contributed by atoms with van der Waals surface area (Å²) in [6.07, 6.45) is 0.514. The van der Waals surface area contributed by atoms with Crippen molar-refractivity contribution >= 4 is 29.4 Å². The van der Waals surface area contributed by atoms with Gasteiger partial charge in [-0.3, -0.25) is 19.7 Å². The highest BCUT2D eigenvalue weighted by atomic mass is 19.1. The Balaban J connectivity index is 1.89. The van der Waals surface area contributed by atoms with Crippen LogP contribution >= 0.6 is 0 Å². The van der Waals surface area contributed by atoms with Gasteiger partial charge in [0.25, 0.3) is 0 Å². The number of nitro benzene ring substituents is 1. The van der Waals surface area contributed by atoms with Gasteiger partial charge in [0.1, 0.15) is 12.2 Å². The van der Waals surface area contributed by atoms with E-state index in [1.165, 1.54) is 24.3 Å². The first-order chi connectivity index (χ1) is 12.4. The molecule has 0 heterocycles. The lowest BCUT2D eigenvalue weighted by atomic mass is 10.2.